The third-order valence-corrected chi connectivity index (χ3v) is 10.5. The Balaban J connectivity index is 1.02. The maximum atomic E-state index is 13.8. The van der Waals surface area contributed by atoms with Gasteiger partial charge in [0.2, 0.25) is 11.8 Å². The van der Waals surface area contributed by atoms with Gasteiger partial charge in [0.25, 0.3) is 5.91 Å². The number of piperidine rings is 1. The molecule has 4 aliphatic rings. The summed E-state index contributed by atoms with van der Waals surface area (Å²) >= 11 is 0. The lowest BCUT2D eigenvalue weighted by atomic mass is 9.66. The number of hydrogen-bond acceptors (Lipinski definition) is 9. The van der Waals surface area contributed by atoms with E-state index in [9.17, 15) is 24.4 Å². The molecule has 1 N–H and O–H groups in total. The number of amides is 3. The van der Waals surface area contributed by atoms with Crippen molar-refractivity contribution >= 4 is 23.5 Å². The van der Waals surface area contributed by atoms with Crippen LogP contribution in [0.3, 0.4) is 0 Å². The zero-order valence-corrected chi connectivity index (χ0v) is 27.1. The van der Waals surface area contributed by atoms with Crippen molar-refractivity contribution in [3.05, 3.63) is 53.1 Å². The molecule has 11 nitrogen and oxygen atoms in total. The molecule has 248 valence electrons. The molecule has 1 aliphatic carbocycles. The van der Waals surface area contributed by atoms with Gasteiger partial charge in [-0.3, -0.25) is 29.4 Å². The van der Waals surface area contributed by atoms with Crippen LogP contribution in [0.15, 0.2) is 36.4 Å². The summed E-state index contributed by atoms with van der Waals surface area (Å²) in [6, 6.07) is 12.7. The SMILES string of the molecule is COc1ccc(OC)c(C2(C#N)CCC(C(=O)C3CCCN3CCCOc3cccc4c3CN(C3CCC(=O)NC3=O)C4=O)CC2)c1. The predicted molar refractivity (Wildman–Crippen MR) is 171 cm³/mol. The summed E-state index contributed by atoms with van der Waals surface area (Å²) in [5.74, 6) is 1.19. The number of Topliss-reactive ketones (excluding diaryl/α,β-unsaturated/α-hetero) is 1. The van der Waals surface area contributed by atoms with Crippen LogP contribution >= 0.6 is 0 Å². The van der Waals surface area contributed by atoms with E-state index in [1.54, 1.807) is 26.4 Å². The van der Waals surface area contributed by atoms with Crippen molar-refractivity contribution < 1.29 is 33.4 Å². The lowest BCUT2D eigenvalue weighted by molar-refractivity contribution is -0.137. The van der Waals surface area contributed by atoms with Gasteiger partial charge in [-0.05, 0) is 88.2 Å². The Morgan fingerprint density at radius 3 is 2.57 bits per heavy atom. The van der Waals surface area contributed by atoms with Gasteiger partial charge < -0.3 is 19.1 Å². The fourth-order valence-electron chi connectivity index (χ4n) is 7.85. The third-order valence-electron chi connectivity index (χ3n) is 10.5. The Morgan fingerprint density at radius 2 is 1.85 bits per heavy atom. The fraction of sp³-hybridized carbons (Fsp3) is 0.528. The van der Waals surface area contributed by atoms with Gasteiger partial charge in [-0.2, -0.15) is 5.26 Å². The van der Waals surface area contributed by atoms with Gasteiger partial charge in [-0.25, -0.2) is 0 Å². The molecule has 2 aromatic carbocycles. The summed E-state index contributed by atoms with van der Waals surface area (Å²) in [7, 11) is 3.21. The van der Waals surface area contributed by atoms with E-state index in [0.717, 1.165) is 43.5 Å². The Bertz CT molecular complexity index is 1590. The van der Waals surface area contributed by atoms with Gasteiger partial charge >= 0.3 is 0 Å². The summed E-state index contributed by atoms with van der Waals surface area (Å²) in [6.07, 6.45) is 5.56. The predicted octanol–water partition coefficient (Wildman–Crippen LogP) is 3.92. The Labute approximate surface area is 275 Å². The van der Waals surface area contributed by atoms with Gasteiger partial charge in [-0.15, -0.1) is 0 Å². The average Bonchev–Trinajstić information content (AvgIpc) is 3.70. The van der Waals surface area contributed by atoms with Crippen LogP contribution in [0.1, 0.15) is 79.3 Å². The molecule has 2 saturated heterocycles. The lowest BCUT2D eigenvalue weighted by Gasteiger charge is -2.37. The van der Waals surface area contributed by atoms with Gasteiger partial charge in [0.15, 0.2) is 5.78 Å². The minimum Gasteiger partial charge on any atom is -0.497 e. The molecular formula is C36H42N4O7. The Morgan fingerprint density at radius 1 is 1.04 bits per heavy atom. The first-order valence-electron chi connectivity index (χ1n) is 16.6. The number of methoxy groups -OCH3 is 2. The molecule has 3 aliphatic heterocycles. The standard InChI is InChI=1S/C36H42N4O7/c1-45-24-9-11-31(46-2)27(20-24)36(22-37)15-13-23(14-16-36)33(42)28-7-4-17-39(28)18-5-19-47-30-8-3-6-25-26(30)21-40(35(25)44)29-10-12-32(41)38-34(29)43/h3,6,8-9,11,20,23,28-29H,4-5,7,10,12-19,21H2,1-2H3,(H,38,41,43). The number of carbonyl (C=O) groups is 4. The number of nitriles is 1. The highest BCUT2D eigenvalue weighted by Gasteiger charge is 2.44. The van der Waals surface area contributed by atoms with Gasteiger partial charge in [0.05, 0.1) is 44.9 Å². The van der Waals surface area contributed by atoms with Crippen molar-refractivity contribution in [2.45, 2.75) is 81.8 Å². The normalized spacial score (nSPS) is 26.0. The molecule has 1 saturated carbocycles. The number of ether oxygens (including phenoxy) is 3. The van der Waals surface area contributed by atoms with E-state index >= 15 is 0 Å². The average molecular weight is 643 g/mol. The summed E-state index contributed by atoms with van der Waals surface area (Å²) < 4.78 is 17.2. The molecule has 11 heteroatoms. The number of imide groups is 1. The minimum atomic E-state index is -0.718. The fourth-order valence-corrected chi connectivity index (χ4v) is 7.85. The quantitative estimate of drug-likeness (QED) is 0.286. The van der Waals surface area contributed by atoms with Crippen molar-refractivity contribution in [3.8, 4) is 23.3 Å². The molecule has 47 heavy (non-hydrogen) atoms. The first kappa shape index (κ1) is 32.5. The molecule has 3 amide bonds. The number of fused-ring (bicyclic) bond motifs is 1. The molecule has 3 heterocycles. The number of hydrogen-bond donors (Lipinski definition) is 1. The molecule has 3 fully saturated rings. The summed E-state index contributed by atoms with van der Waals surface area (Å²) in [5.41, 5.74) is 1.39. The van der Waals surface area contributed by atoms with Crippen LogP contribution in [0.5, 0.6) is 17.2 Å². The monoisotopic (exact) mass is 642 g/mol. The second-order valence-corrected chi connectivity index (χ2v) is 13.0. The van der Waals surface area contributed by atoms with E-state index in [1.807, 2.05) is 24.3 Å². The van der Waals surface area contributed by atoms with Gasteiger partial charge in [0, 0.05) is 35.6 Å². The summed E-state index contributed by atoms with van der Waals surface area (Å²) in [4.78, 5) is 54.7. The van der Waals surface area contributed by atoms with Crippen LogP contribution in [0, 0.1) is 17.2 Å². The topological polar surface area (TPSA) is 138 Å². The maximum absolute atomic E-state index is 13.8. The molecular weight excluding hydrogens is 600 g/mol. The van der Waals surface area contributed by atoms with Crippen molar-refractivity contribution in [2.24, 2.45) is 5.92 Å². The molecule has 0 spiro atoms. The van der Waals surface area contributed by atoms with Crippen molar-refractivity contribution in [1.82, 2.24) is 15.1 Å². The summed E-state index contributed by atoms with van der Waals surface area (Å²) in [5, 5.41) is 12.7. The lowest BCUT2D eigenvalue weighted by Crippen LogP contribution is -2.52. The van der Waals surface area contributed by atoms with E-state index in [-0.39, 0.29) is 42.5 Å². The highest BCUT2D eigenvalue weighted by atomic mass is 16.5. The number of nitrogens with zero attached hydrogens (tertiary/aromatic N) is 3. The molecule has 6 rings (SSSR count). The van der Waals surface area contributed by atoms with Crippen LogP contribution in [0.4, 0.5) is 0 Å². The number of likely N-dealkylation sites (tertiary alicyclic amines) is 1. The van der Waals surface area contributed by atoms with Crippen LogP contribution in [-0.2, 0) is 26.3 Å². The highest BCUT2D eigenvalue weighted by Crippen LogP contribution is 2.46. The van der Waals surface area contributed by atoms with Crippen LogP contribution in [0.25, 0.3) is 0 Å². The summed E-state index contributed by atoms with van der Waals surface area (Å²) in [6.45, 7) is 2.28. The zero-order chi connectivity index (χ0) is 33.1. The zero-order valence-electron chi connectivity index (χ0n) is 27.1. The molecule has 0 bridgehead atoms. The van der Waals surface area contributed by atoms with Gasteiger partial charge in [0.1, 0.15) is 23.3 Å². The molecule has 2 atom stereocenters. The molecule has 2 aromatic rings. The van der Waals surface area contributed by atoms with E-state index in [0.29, 0.717) is 61.5 Å². The Hall–Kier alpha value is -4.43. The molecule has 0 radical (unpaired) electrons. The van der Waals surface area contributed by atoms with Crippen molar-refractivity contribution in [1.29, 1.82) is 5.26 Å². The second-order valence-electron chi connectivity index (χ2n) is 13.0. The maximum Gasteiger partial charge on any atom is 0.255 e. The van der Waals surface area contributed by atoms with E-state index in [4.69, 9.17) is 14.2 Å². The minimum absolute atomic E-state index is 0.0771. The molecule has 0 aromatic heterocycles. The number of ketones is 1. The van der Waals surface area contributed by atoms with E-state index in [2.05, 4.69) is 16.3 Å². The van der Waals surface area contributed by atoms with Crippen LogP contribution in [0.2, 0.25) is 0 Å². The first-order chi connectivity index (χ1) is 22.8. The van der Waals surface area contributed by atoms with Crippen molar-refractivity contribution in [2.75, 3.05) is 33.9 Å². The van der Waals surface area contributed by atoms with Crippen LogP contribution < -0.4 is 19.5 Å². The number of carbonyl (C=O) groups excluding carboxylic acids is 4. The van der Waals surface area contributed by atoms with Crippen LogP contribution in [-0.4, -0.2) is 79.3 Å². The largest absolute Gasteiger partial charge is 0.497 e. The highest BCUT2D eigenvalue weighted by molar-refractivity contribution is 6.05. The second kappa shape index (κ2) is 13.7. The number of rotatable bonds is 11. The third kappa shape index (κ3) is 6.31. The number of nitrogens with one attached hydrogen (secondary N) is 1. The molecule has 2 unspecified atom stereocenters. The Kier molecular flexibility index (Phi) is 9.50. The van der Waals surface area contributed by atoms with E-state index < -0.39 is 17.4 Å². The first-order valence-corrected chi connectivity index (χ1v) is 16.6. The van der Waals surface area contributed by atoms with Crippen molar-refractivity contribution in [3.63, 3.8) is 0 Å². The smallest absolute Gasteiger partial charge is 0.255 e. The van der Waals surface area contributed by atoms with E-state index in [1.165, 1.54) is 4.90 Å². The number of benzene rings is 2. The van der Waals surface area contributed by atoms with Gasteiger partial charge in [-0.1, -0.05) is 6.07 Å².